The number of hydrogen-bond acceptors (Lipinski definition) is 10. The summed E-state index contributed by atoms with van der Waals surface area (Å²) in [5.74, 6) is 0.900. The van der Waals surface area contributed by atoms with Crippen molar-refractivity contribution < 1.29 is 22.6 Å². The van der Waals surface area contributed by atoms with Crippen LogP contribution in [-0.2, 0) is 4.84 Å². The van der Waals surface area contributed by atoms with E-state index in [1.165, 1.54) is 42.8 Å². The highest BCUT2D eigenvalue weighted by molar-refractivity contribution is 5.91. The second kappa shape index (κ2) is 5.37. The molecule has 10 heteroatoms. The quantitative estimate of drug-likeness (QED) is 0.549. The SMILES string of the molecule is c1coc(N2OC(c3cocn3)=C(c3cnco3)C2c2ccon2)n1. The van der Waals surface area contributed by atoms with Crippen LogP contribution in [0, 0.1) is 0 Å². The van der Waals surface area contributed by atoms with Gasteiger partial charge in [0.05, 0.1) is 18.0 Å². The normalized spacial score (nSPS) is 17.3. The van der Waals surface area contributed by atoms with Gasteiger partial charge in [-0.2, -0.15) is 4.98 Å². The molecule has 4 aromatic heterocycles. The van der Waals surface area contributed by atoms with Gasteiger partial charge in [-0.25, -0.2) is 9.97 Å². The van der Waals surface area contributed by atoms with Crippen LogP contribution in [0.5, 0.6) is 0 Å². The molecule has 1 aliphatic rings. The van der Waals surface area contributed by atoms with Gasteiger partial charge in [0.25, 0.3) is 0 Å². The van der Waals surface area contributed by atoms with Crippen LogP contribution in [0.25, 0.3) is 11.3 Å². The maximum Gasteiger partial charge on any atom is 0.332 e. The highest BCUT2D eigenvalue weighted by Crippen LogP contribution is 2.47. The molecule has 4 aromatic rings. The van der Waals surface area contributed by atoms with Crippen molar-refractivity contribution in [2.75, 3.05) is 5.06 Å². The predicted molar refractivity (Wildman–Crippen MR) is 79.1 cm³/mol. The Kier molecular flexibility index (Phi) is 2.92. The minimum atomic E-state index is -0.544. The largest absolute Gasteiger partial charge is 0.451 e. The summed E-state index contributed by atoms with van der Waals surface area (Å²) in [7, 11) is 0. The Hall–Kier alpha value is -3.82. The van der Waals surface area contributed by atoms with Crippen LogP contribution in [0.15, 0.2) is 67.8 Å². The number of hydrogen-bond donors (Lipinski definition) is 0. The van der Waals surface area contributed by atoms with Crippen LogP contribution in [0.1, 0.15) is 23.2 Å². The highest BCUT2D eigenvalue weighted by Gasteiger charge is 2.44. The molecule has 1 atom stereocenters. The number of hydroxylamine groups is 1. The van der Waals surface area contributed by atoms with E-state index in [4.69, 9.17) is 22.6 Å². The lowest BCUT2D eigenvalue weighted by Crippen LogP contribution is -2.24. The van der Waals surface area contributed by atoms with Gasteiger partial charge >= 0.3 is 6.01 Å². The Morgan fingerprint density at radius 2 is 2.08 bits per heavy atom. The van der Waals surface area contributed by atoms with Crippen LogP contribution < -0.4 is 5.06 Å². The summed E-state index contributed by atoms with van der Waals surface area (Å²) in [6.07, 6.45) is 10.1. The van der Waals surface area contributed by atoms with Gasteiger partial charge in [-0.05, 0) is 0 Å². The first kappa shape index (κ1) is 13.6. The van der Waals surface area contributed by atoms with Crippen LogP contribution in [0.4, 0.5) is 6.01 Å². The van der Waals surface area contributed by atoms with Crippen molar-refractivity contribution in [3.63, 3.8) is 0 Å². The zero-order chi connectivity index (χ0) is 16.6. The molecule has 0 N–H and O–H groups in total. The molecule has 0 saturated heterocycles. The molecule has 0 aromatic carbocycles. The van der Waals surface area contributed by atoms with E-state index in [1.807, 2.05) is 0 Å². The summed E-state index contributed by atoms with van der Waals surface area (Å²) >= 11 is 0. The van der Waals surface area contributed by atoms with Crippen molar-refractivity contribution in [1.82, 2.24) is 20.1 Å². The smallest absolute Gasteiger partial charge is 0.332 e. The van der Waals surface area contributed by atoms with Crippen LogP contribution in [0.2, 0.25) is 0 Å². The molecule has 1 unspecified atom stereocenters. The van der Waals surface area contributed by atoms with E-state index in [1.54, 1.807) is 12.3 Å². The van der Waals surface area contributed by atoms with Crippen molar-refractivity contribution in [2.45, 2.75) is 6.04 Å². The minimum Gasteiger partial charge on any atom is -0.451 e. The molecular weight excluding hydrogens is 330 g/mol. The van der Waals surface area contributed by atoms with Gasteiger partial charge in [-0.1, -0.05) is 5.16 Å². The molecule has 0 fully saturated rings. The highest BCUT2D eigenvalue weighted by atomic mass is 16.7. The second-order valence-electron chi connectivity index (χ2n) is 5.04. The van der Waals surface area contributed by atoms with E-state index in [2.05, 4.69) is 20.1 Å². The van der Waals surface area contributed by atoms with Gasteiger partial charge in [-0.15, -0.1) is 5.06 Å². The summed E-state index contributed by atoms with van der Waals surface area (Å²) in [5.41, 5.74) is 1.69. The first-order valence-electron chi connectivity index (χ1n) is 7.20. The van der Waals surface area contributed by atoms with Crippen LogP contribution in [0.3, 0.4) is 0 Å². The second-order valence-corrected chi connectivity index (χ2v) is 5.04. The Morgan fingerprint density at radius 1 is 1.08 bits per heavy atom. The van der Waals surface area contributed by atoms with Gasteiger partial charge in [0.1, 0.15) is 36.2 Å². The fraction of sp³-hybridized carbons (Fsp3) is 0.0667. The van der Waals surface area contributed by atoms with E-state index in [0.717, 1.165) is 0 Å². The lowest BCUT2D eigenvalue weighted by atomic mass is 10.0. The number of anilines is 1. The van der Waals surface area contributed by atoms with Crippen molar-refractivity contribution in [1.29, 1.82) is 0 Å². The predicted octanol–water partition coefficient (Wildman–Crippen LogP) is 2.70. The van der Waals surface area contributed by atoms with Crippen LogP contribution >= 0.6 is 0 Å². The number of rotatable bonds is 4. The van der Waals surface area contributed by atoms with Crippen molar-refractivity contribution in [3.8, 4) is 0 Å². The zero-order valence-electron chi connectivity index (χ0n) is 12.5. The fourth-order valence-electron chi connectivity index (χ4n) is 2.65. The number of oxazole rings is 3. The Labute approximate surface area is 139 Å². The average molecular weight is 339 g/mol. The molecule has 0 radical (unpaired) electrons. The lowest BCUT2D eigenvalue weighted by molar-refractivity contribution is 0.219. The monoisotopic (exact) mass is 339 g/mol. The molecule has 124 valence electrons. The van der Waals surface area contributed by atoms with Crippen molar-refractivity contribution in [3.05, 3.63) is 67.2 Å². The van der Waals surface area contributed by atoms with E-state index < -0.39 is 6.04 Å². The van der Waals surface area contributed by atoms with Gasteiger partial charge in [-0.3, -0.25) is 0 Å². The van der Waals surface area contributed by atoms with E-state index in [9.17, 15) is 0 Å². The summed E-state index contributed by atoms with van der Waals surface area (Å²) in [5, 5.41) is 5.49. The maximum absolute atomic E-state index is 5.99. The topological polar surface area (TPSA) is 117 Å². The fourth-order valence-corrected chi connectivity index (χ4v) is 2.65. The molecule has 25 heavy (non-hydrogen) atoms. The van der Waals surface area contributed by atoms with Gasteiger partial charge < -0.3 is 22.6 Å². The molecule has 0 bridgehead atoms. The molecule has 5 heterocycles. The molecule has 0 saturated carbocycles. The number of nitrogens with zero attached hydrogens (tertiary/aromatic N) is 5. The number of aromatic nitrogens is 4. The summed E-state index contributed by atoms with van der Waals surface area (Å²) in [6.45, 7) is 0. The minimum absolute atomic E-state index is 0.239. The molecule has 0 aliphatic carbocycles. The molecule has 0 amide bonds. The van der Waals surface area contributed by atoms with Gasteiger partial charge in [0.15, 0.2) is 24.3 Å². The Bertz CT molecular complexity index is 974. The first-order valence-corrected chi connectivity index (χ1v) is 7.20. The lowest BCUT2D eigenvalue weighted by Gasteiger charge is -2.20. The summed E-state index contributed by atoms with van der Waals surface area (Å²) in [4.78, 5) is 18.3. The first-order chi connectivity index (χ1) is 12.4. The molecular formula is C15H9N5O5. The van der Waals surface area contributed by atoms with E-state index in [-0.39, 0.29) is 6.01 Å². The van der Waals surface area contributed by atoms with Crippen molar-refractivity contribution >= 4 is 17.3 Å². The molecule has 0 spiro atoms. The third kappa shape index (κ3) is 2.11. The standard InChI is InChI=1S/C15H9N5O5/c1-3-24-19-9(1)13-12(11-5-16-7-23-11)14(10-6-21-8-18-10)25-20(13)15-17-2-4-22-15/h1-8,13H. The van der Waals surface area contributed by atoms with Crippen LogP contribution in [-0.4, -0.2) is 20.1 Å². The molecule has 1 aliphatic heterocycles. The Morgan fingerprint density at radius 3 is 2.76 bits per heavy atom. The maximum atomic E-state index is 5.99. The van der Waals surface area contributed by atoms with Gasteiger partial charge in [0, 0.05) is 6.07 Å². The van der Waals surface area contributed by atoms with Crippen molar-refractivity contribution in [2.24, 2.45) is 0 Å². The molecule has 5 rings (SSSR count). The van der Waals surface area contributed by atoms with Gasteiger partial charge in [0.2, 0.25) is 0 Å². The average Bonchev–Trinajstić information content (AvgIpc) is 3.48. The summed E-state index contributed by atoms with van der Waals surface area (Å²) in [6, 6.07) is 1.41. The Balaban J connectivity index is 1.73. The molecule has 10 nitrogen and oxygen atoms in total. The van der Waals surface area contributed by atoms with E-state index in [0.29, 0.717) is 28.5 Å². The summed E-state index contributed by atoms with van der Waals surface area (Å²) < 4.78 is 21.0. The third-order valence-electron chi connectivity index (χ3n) is 3.65. The zero-order valence-corrected chi connectivity index (χ0v) is 12.5. The third-order valence-corrected chi connectivity index (χ3v) is 3.65. The van der Waals surface area contributed by atoms with E-state index >= 15 is 0 Å².